The van der Waals surface area contributed by atoms with Gasteiger partial charge in [-0.2, -0.15) is 0 Å². The maximum Gasteiger partial charge on any atom is 0.240 e. The zero-order valence-corrected chi connectivity index (χ0v) is 16.6. The number of hydrogen-bond donors (Lipinski definition) is 2. The van der Waals surface area contributed by atoms with E-state index in [9.17, 15) is 13.5 Å². The molecule has 1 heterocycles. The molecule has 4 nitrogen and oxygen atoms in total. The monoisotopic (exact) mass is 409 g/mol. The van der Waals surface area contributed by atoms with Gasteiger partial charge in [-0.25, -0.2) is 13.1 Å². The van der Waals surface area contributed by atoms with Crippen molar-refractivity contribution in [3.8, 4) is 0 Å². The van der Waals surface area contributed by atoms with Crippen molar-refractivity contribution in [2.75, 3.05) is 0 Å². The highest BCUT2D eigenvalue weighted by Gasteiger charge is 2.16. The van der Waals surface area contributed by atoms with Crippen molar-refractivity contribution >= 4 is 32.1 Å². The third-order valence-electron chi connectivity index (χ3n) is 4.53. The SMILES string of the molecule is O=S(=O)(NCc1ccc(C(O)c2ccccc2)s1)c1ccc2ccccc2c1. The maximum atomic E-state index is 12.7. The van der Waals surface area contributed by atoms with Crippen molar-refractivity contribution in [1.82, 2.24) is 4.72 Å². The summed E-state index contributed by atoms with van der Waals surface area (Å²) in [6, 6.07) is 25.8. The lowest BCUT2D eigenvalue weighted by atomic mass is 10.1. The molecule has 0 spiro atoms. The zero-order chi connectivity index (χ0) is 19.6. The van der Waals surface area contributed by atoms with E-state index in [1.807, 2.05) is 72.8 Å². The normalized spacial score (nSPS) is 12.9. The molecule has 0 aliphatic rings. The number of sulfonamides is 1. The minimum atomic E-state index is -3.62. The Morgan fingerprint density at radius 1 is 0.857 bits per heavy atom. The number of benzene rings is 3. The second-order valence-corrected chi connectivity index (χ2v) is 9.42. The molecule has 2 N–H and O–H groups in total. The van der Waals surface area contributed by atoms with Gasteiger partial charge in [-0.05, 0) is 40.6 Å². The van der Waals surface area contributed by atoms with Gasteiger partial charge in [0.2, 0.25) is 10.0 Å². The molecule has 4 aromatic rings. The summed E-state index contributed by atoms with van der Waals surface area (Å²) in [4.78, 5) is 1.87. The molecule has 0 aliphatic carbocycles. The van der Waals surface area contributed by atoms with Crippen LogP contribution in [0.3, 0.4) is 0 Å². The average molecular weight is 410 g/mol. The summed E-state index contributed by atoms with van der Waals surface area (Å²) >= 11 is 1.40. The minimum absolute atomic E-state index is 0.182. The molecule has 0 aliphatic heterocycles. The first-order valence-corrected chi connectivity index (χ1v) is 11.1. The number of hydrogen-bond acceptors (Lipinski definition) is 4. The summed E-state index contributed by atoms with van der Waals surface area (Å²) in [6.45, 7) is 0.182. The van der Waals surface area contributed by atoms with Crippen LogP contribution in [0, 0.1) is 0 Å². The van der Waals surface area contributed by atoms with Crippen molar-refractivity contribution in [2.45, 2.75) is 17.5 Å². The molecule has 1 atom stereocenters. The third-order valence-corrected chi connectivity index (χ3v) is 7.07. The molecule has 3 aromatic carbocycles. The molecule has 0 saturated heterocycles. The second kappa shape index (κ2) is 7.85. The Labute approximate surface area is 168 Å². The molecule has 0 amide bonds. The Balaban J connectivity index is 1.48. The number of thiophene rings is 1. The third kappa shape index (κ3) is 4.00. The molecule has 0 fully saturated rings. The summed E-state index contributed by atoms with van der Waals surface area (Å²) in [5.74, 6) is 0. The highest BCUT2D eigenvalue weighted by Crippen LogP contribution is 2.28. The lowest BCUT2D eigenvalue weighted by Gasteiger charge is -2.08. The Hall–Kier alpha value is -2.51. The molecular formula is C22H19NO3S2. The lowest BCUT2D eigenvalue weighted by Crippen LogP contribution is -2.22. The summed E-state index contributed by atoms with van der Waals surface area (Å²) < 4.78 is 28.0. The van der Waals surface area contributed by atoms with Crippen molar-refractivity contribution in [2.24, 2.45) is 0 Å². The highest BCUT2D eigenvalue weighted by atomic mass is 32.2. The topological polar surface area (TPSA) is 66.4 Å². The van der Waals surface area contributed by atoms with Crippen LogP contribution in [0.1, 0.15) is 21.4 Å². The van der Waals surface area contributed by atoms with E-state index in [1.165, 1.54) is 11.3 Å². The molecule has 4 rings (SSSR count). The molecule has 1 aromatic heterocycles. The van der Waals surface area contributed by atoms with Crippen molar-refractivity contribution in [1.29, 1.82) is 0 Å². The lowest BCUT2D eigenvalue weighted by molar-refractivity contribution is 0.224. The Morgan fingerprint density at radius 3 is 2.36 bits per heavy atom. The van der Waals surface area contributed by atoms with Crippen LogP contribution in [0.5, 0.6) is 0 Å². The van der Waals surface area contributed by atoms with E-state index in [1.54, 1.807) is 12.1 Å². The van der Waals surface area contributed by atoms with E-state index in [0.717, 1.165) is 26.1 Å². The van der Waals surface area contributed by atoms with E-state index in [2.05, 4.69) is 4.72 Å². The average Bonchev–Trinajstić information content (AvgIpc) is 3.21. The van der Waals surface area contributed by atoms with Gasteiger partial charge in [-0.1, -0.05) is 60.7 Å². The number of aliphatic hydroxyl groups excluding tert-OH is 1. The van der Waals surface area contributed by atoms with Crippen LogP contribution < -0.4 is 4.72 Å². The van der Waals surface area contributed by atoms with Crippen molar-refractivity contribution < 1.29 is 13.5 Å². The summed E-state index contributed by atoms with van der Waals surface area (Å²) in [7, 11) is -3.62. The highest BCUT2D eigenvalue weighted by molar-refractivity contribution is 7.89. The van der Waals surface area contributed by atoms with Gasteiger partial charge >= 0.3 is 0 Å². The van der Waals surface area contributed by atoms with Crippen LogP contribution in [0.25, 0.3) is 10.8 Å². The first-order valence-electron chi connectivity index (χ1n) is 8.83. The number of nitrogens with one attached hydrogen (secondary N) is 1. The maximum absolute atomic E-state index is 12.7. The van der Waals surface area contributed by atoms with E-state index in [4.69, 9.17) is 0 Å². The van der Waals surface area contributed by atoms with Crippen LogP contribution in [0.15, 0.2) is 89.8 Å². The van der Waals surface area contributed by atoms with Gasteiger partial charge in [0.05, 0.1) is 4.90 Å². The van der Waals surface area contributed by atoms with Gasteiger partial charge in [-0.15, -0.1) is 11.3 Å². The van der Waals surface area contributed by atoms with Crippen molar-refractivity contribution in [3.05, 3.63) is 100 Å². The van der Waals surface area contributed by atoms with Gasteiger partial charge in [0.25, 0.3) is 0 Å². The molecule has 0 bridgehead atoms. The predicted molar refractivity (Wildman–Crippen MR) is 113 cm³/mol. The van der Waals surface area contributed by atoms with E-state index in [-0.39, 0.29) is 11.4 Å². The summed E-state index contributed by atoms with van der Waals surface area (Å²) in [5, 5.41) is 12.4. The standard InChI is InChI=1S/C22H19NO3S2/c24-22(17-7-2-1-3-8-17)21-13-11-19(27-21)15-23-28(25,26)20-12-10-16-6-4-5-9-18(16)14-20/h1-14,22-24H,15H2. The van der Waals surface area contributed by atoms with Gasteiger partial charge in [0, 0.05) is 16.3 Å². The van der Waals surface area contributed by atoms with Crippen LogP contribution >= 0.6 is 11.3 Å². The summed E-state index contributed by atoms with van der Waals surface area (Å²) in [6.07, 6.45) is -0.711. The predicted octanol–water partition coefficient (Wildman–Crippen LogP) is 4.46. The first-order chi connectivity index (χ1) is 13.5. The van der Waals surface area contributed by atoms with Gasteiger partial charge < -0.3 is 5.11 Å². The van der Waals surface area contributed by atoms with Crippen LogP contribution in [-0.4, -0.2) is 13.5 Å². The molecule has 1 unspecified atom stereocenters. The molecular weight excluding hydrogens is 390 g/mol. The molecule has 6 heteroatoms. The van der Waals surface area contributed by atoms with Crippen LogP contribution in [0.2, 0.25) is 0 Å². The van der Waals surface area contributed by atoms with Crippen molar-refractivity contribution in [3.63, 3.8) is 0 Å². The molecule has 142 valence electrons. The number of rotatable bonds is 6. The fourth-order valence-electron chi connectivity index (χ4n) is 3.02. The Kier molecular flexibility index (Phi) is 5.28. The number of aliphatic hydroxyl groups is 1. The quantitative estimate of drug-likeness (QED) is 0.494. The minimum Gasteiger partial charge on any atom is -0.383 e. The summed E-state index contributed by atoms with van der Waals surface area (Å²) in [5.41, 5.74) is 0.813. The zero-order valence-electron chi connectivity index (χ0n) is 14.9. The Bertz CT molecular complexity index is 1200. The van der Waals surface area contributed by atoms with E-state index < -0.39 is 16.1 Å². The Morgan fingerprint density at radius 2 is 1.57 bits per heavy atom. The van der Waals surface area contributed by atoms with E-state index >= 15 is 0 Å². The molecule has 0 radical (unpaired) electrons. The largest absolute Gasteiger partial charge is 0.383 e. The molecule has 28 heavy (non-hydrogen) atoms. The van der Waals surface area contributed by atoms with Crippen LogP contribution in [0.4, 0.5) is 0 Å². The van der Waals surface area contributed by atoms with Gasteiger partial charge in [0.1, 0.15) is 6.10 Å². The van der Waals surface area contributed by atoms with Crippen LogP contribution in [-0.2, 0) is 16.6 Å². The fourth-order valence-corrected chi connectivity index (χ4v) is 5.12. The number of fused-ring (bicyclic) bond motifs is 1. The second-order valence-electron chi connectivity index (χ2n) is 6.45. The molecule has 0 saturated carbocycles. The van der Waals surface area contributed by atoms with Gasteiger partial charge in [0.15, 0.2) is 0 Å². The van der Waals surface area contributed by atoms with E-state index in [0.29, 0.717) is 0 Å². The first kappa shape index (κ1) is 18.8. The fraction of sp³-hybridized carbons (Fsp3) is 0.0909. The van der Waals surface area contributed by atoms with Gasteiger partial charge in [-0.3, -0.25) is 0 Å². The smallest absolute Gasteiger partial charge is 0.240 e.